The quantitative estimate of drug-likeness (QED) is 0.915. The molecule has 1 aromatic carbocycles. The van der Waals surface area contributed by atoms with E-state index in [-0.39, 0.29) is 6.54 Å². The van der Waals surface area contributed by atoms with Crippen molar-refractivity contribution in [2.24, 2.45) is 0 Å². The summed E-state index contributed by atoms with van der Waals surface area (Å²) < 4.78 is 0. The van der Waals surface area contributed by atoms with E-state index in [9.17, 15) is 4.79 Å². The fraction of sp³-hybridized carbons (Fsp3) is 0.333. The van der Waals surface area contributed by atoms with Gasteiger partial charge in [0.25, 0.3) is 0 Å². The van der Waals surface area contributed by atoms with Crippen LogP contribution in [0, 0.1) is 0 Å². The summed E-state index contributed by atoms with van der Waals surface area (Å²) in [4.78, 5) is 19.5. The Morgan fingerprint density at radius 2 is 1.85 bits per heavy atom. The Morgan fingerprint density at radius 3 is 2.60 bits per heavy atom. The second kappa shape index (κ2) is 5.46. The lowest BCUT2D eigenvalue weighted by Crippen LogP contribution is -2.48. The Morgan fingerprint density at radius 1 is 1.10 bits per heavy atom. The van der Waals surface area contributed by atoms with Gasteiger partial charge in [0.15, 0.2) is 0 Å². The molecule has 2 aromatic rings. The molecule has 1 N–H and O–H groups in total. The number of carboxylic acids is 1. The standard InChI is InChI=1S/C15H17N3O2/c19-15(20)11-17-7-9-18(10-8-17)14-6-5-12-3-1-2-4-13(12)16-14/h1-6H,7-11H2,(H,19,20). The fourth-order valence-corrected chi connectivity index (χ4v) is 2.56. The Balaban J connectivity index is 1.71. The van der Waals surface area contributed by atoms with Crippen LogP contribution in [-0.4, -0.2) is 53.7 Å². The summed E-state index contributed by atoms with van der Waals surface area (Å²) in [5.41, 5.74) is 0.998. The van der Waals surface area contributed by atoms with Crippen LogP contribution < -0.4 is 4.90 Å². The van der Waals surface area contributed by atoms with E-state index in [1.54, 1.807) is 0 Å². The maximum atomic E-state index is 10.7. The molecule has 0 spiro atoms. The third-order valence-corrected chi connectivity index (χ3v) is 3.64. The van der Waals surface area contributed by atoms with Gasteiger partial charge in [-0.05, 0) is 18.2 Å². The van der Waals surface area contributed by atoms with Crippen LogP contribution in [0.3, 0.4) is 0 Å². The van der Waals surface area contributed by atoms with Gasteiger partial charge in [-0.2, -0.15) is 0 Å². The van der Waals surface area contributed by atoms with E-state index < -0.39 is 5.97 Å². The maximum absolute atomic E-state index is 10.7. The Hall–Kier alpha value is -2.14. The smallest absolute Gasteiger partial charge is 0.317 e. The number of hydrogen-bond acceptors (Lipinski definition) is 4. The van der Waals surface area contributed by atoms with Crippen LogP contribution in [-0.2, 0) is 4.79 Å². The molecule has 1 aromatic heterocycles. The van der Waals surface area contributed by atoms with Gasteiger partial charge in [-0.1, -0.05) is 18.2 Å². The first-order valence-corrected chi connectivity index (χ1v) is 6.77. The molecule has 104 valence electrons. The molecule has 0 amide bonds. The molecule has 1 aliphatic heterocycles. The van der Waals surface area contributed by atoms with Crippen molar-refractivity contribution >= 4 is 22.7 Å². The number of hydrogen-bond donors (Lipinski definition) is 1. The number of carboxylic acid groups (broad SMARTS) is 1. The predicted octanol–water partition coefficient (Wildman–Crippen LogP) is 1.44. The van der Waals surface area contributed by atoms with E-state index in [1.165, 1.54) is 0 Å². The van der Waals surface area contributed by atoms with Crippen LogP contribution in [0.5, 0.6) is 0 Å². The van der Waals surface area contributed by atoms with Gasteiger partial charge in [0.1, 0.15) is 5.82 Å². The third-order valence-electron chi connectivity index (χ3n) is 3.64. The number of rotatable bonds is 3. The highest BCUT2D eigenvalue weighted by atomic mass is 16.4. The molecule has 20 heavy (non-hydrogen) atoms. The second-order valence-corrected chi connectivity index (χ2v) is 5.02. The van der Waals surface area contributed by atoms with Gasteiger partial charge >= 0.3 is 5.97 Å². The number of benzene rings is 1. The highest BCUT2D eigenvalue weighted by Crippen LogP contribution is 2.19. The van der Waals surface area contributed by atoms with Crippen LogP contribution in [0.1, 0.15) is 0 Å². The average molecular weight is 271 g/mol. The Bertz CT molecular complexity index is 621. The molecule has 0 unspecified atom stereocenters. The summed E-state index contributed by atoms with van der Waals surface area (Å²) in [6.07, 6.45) is 0. The molecular weight excluding hydrogens is 254 g/mol. The zero-order chi connectivity index (χ0) is 13.9. The van der Waals surface area contributed by atoms with Crippen LogP contribution in [0.2, 0.25) is 0 Å². The van der Waals surface area contributed by atoms with Gasteiger partial charge in [0.2, 0.25) is 0 Å². The minimum atomic E-state index is -0.762. The highest BCUT2D eigenvalue weighted by molar-refractivity contribution is 5.80. The molecule has 1 fully saturated rings. The number of fused-ring (bicyclic) bond motifs is 1. The Kier molecular flexibility index (Phi) is 3.52. The topological polar surface area (TPSA) is 56.7 Å². The van der Waals surface area contributed by atoms with Crippen molar-refractivity contribution < 1.29 is 9.90 Å². The number of pyridine rings is 1. The van der Waals surface area contributed by atoms with Crippen molar-refractivity contribution in [3.8, 4) is 0 Å². The molecule has 1 saturated heterocycles. The first-order valence-electron chi connectivity index (χ1n) is 6.77. The molecule has 5 nitrogen and oxygen atoms in total. The van der Waals surface area contributed by atoms with E-state index in [2.05, 4.69) is 22.0 Å². The molecule has 0 bridgehead atoms. The normalized spacial score (nSPS) is 16.5. The minimum absolute atomic E-state index is 0.124. The van der Waals surface area contributed by atoms with Gasteiger partial charge in [0.05, 0.1) is 12.1 Å². The lowest BCUT2D eigenvalue weighted by molar-refractivity contribution is -0.138. The van der Waals surface area contributed by atoms with Crippen molar-refractivity contribution in [1.29, 1.82) is 0 Å². The summed E-state index contributed by atoms with van der Waals surface area (Å²) >= 11 is 0. The predicted molar refractivity (Wildman–Crippen MR) is 78.0 cm³/mol. The van der Waals surface area contributed by atoms with Crippen molar-refractivity contribution in [3.63, 3.8) is 0 Å². The first-order chi connectivity index (χ1) is 9.72. The van der Waals surface area contributed by atoms with Crippen LogP contribution in [0.15, 0.2) is 36.4 Å². The van der Waals surface area contributed by atoms with E-state index in [0.29, 0.717) is 0 Å². The van der Waals surface area contributed by atoms with Crippen molar-refractivity contribution in [1.82, 2.24) is 9.88 Å². The number of carbonyl (C=O) groups is 1. The molecule has 1 aliphatic rings. The van der Waals surface area contributed by atoms with E-state index >= 15 is 0 Å². The number of aliphatic carboxylic acids is 1. The zero-order valence-electron chi connectivity index (χ0n) is 11.2. The van der Waals surface area contributed by atoms with Crippen LogP contribution in [0.25, 0.3) is 10.9 Å². The van der Waals surface area contributed by atoms with Crippen molar-refractivity contribution in [3.05, 3.63) is 36.4 Å². The second-order valence-electron chi connectivity index (χ2n) is 5.02. The SMILES string of the molecule is O=C(O)CN1CCN(c2ccc3ccccc3n2)CC1. The molecule has 0 aliphatic carbocycles. The monoisotopic (exact) mass is 271 g/mol. The largest absolute Gasteiger partial charge is 0.480 e. The molecule has 5 heteroatoms. The minimum Gasteiger partial charge on any atom is -0.480 e. The van der Waals surface area contributed by atoms with Gasteiger partial charge in [-0.25, -0.2) is 4.98 Å². The molecule has 0 radical (unpaired) electrons. The van der Waals surface area contributed by atoms with Gasteiger partial charge < -0.3 is 10.0 Å². The number of aromatic nitrogens is 1. The zero-order valence-corrected chi connectivity index (χ0v) is 11.2. The summed E-state index contributed by atoms with van der Waals surface area (Å²) in [7, 11) is 0. The molecular formula is C15H17N3O2. The molecule has 0 atom stereocenters. The van der Waals surface area contributed by atoms with Crippen LogP contribution >= 0.6 is 0 Å². The fourth-order valence-electron chi connectivity index (χ4n) is 2.56. The van der Waals surface area contributed by atoms with Crippen molar-refractivity contribution in [2.45, 2.75) is 0 Å². The van der Waals surface area contributed by atoms with E-state index in [4.69, 9.17) is 5.11 Å². The highest BCUT2D eigenvalue weighted by Gasteiger charge is 2.19. The number of anilines is 1. The first kappa shape index (κ1) is 12.9. The van der Waals surface area contributed by atoms with E-state index in [0.717, 1.165) is 42.9 Å². The maximum Gasteiger partial charge on any atom is 0.317 e. The van der Waals surface area contributed by atoms with E-state index in [1.807, 2.05) is 29.2 Å². The summed E-state index contributed by atoms with van der Waals surface area (Å²) in [6.45, 7) is 3.29. The van der Waals surface area contributed by atoms with Gasteiger partial charge in [0, 0.05) is 31.6 Å². The molecule has 0 saturated carbocycles. The summed E-state index contributed by atoms with van der Waals surface area (Å²) in [6, 6.07) is 12.2. The number of nitrogens with zero attached hydrogens (tertiary/aromatic N) is 3. The number of para-hydroxylation sites is 1. The van der Waals surface area contributed by atoms with Gasteiger partial charge in [-0.15, -0.1) is 0 Å². The van der Waals surface area contributed by atoms with Crippen LogP contribution in [0.4, 0.5) is 5.82 Å². The van der Waals surface area contributed by atoms with Gasteiger partial charge in [-0.3, -0.25) is 9.69 Å². The lowest BCUT2D eigenvalue weighted by atomic mass is 10.2. The molecule has 3 rings (SSSR count). The summed E-state index contributed by atoms with van der Waals surface area (Å²) in [5, 5.41) is 9.94. The van der Waals surface area contributed by atoms with Crippen molar-refractivity contribution in [2.75, 3.05) is 37.6 Å². The lowest BCUT2D eigenvalue weighted by Gasteiger charge is -2.34. The molecule has 2 heterocycles. The Labute approximate surface area is 117 Å². The number of piperazine rings is 1. The average Bonchev–Trinajstić information content (AvgIpc) is 2.47. The third kappa shape index (κ3) is 2.72. The summed E-state index contributed by atoms with van der Waals surface area (Å²) in [5.74, 6) is 0.209.